The lowest BCUT2D eigenvalue weighted by molar-refractivity contribution is -0.150. The Balaban J connectivity index is 3.27. The van der Waals surface area contributed by atoms with Crippen molar-refractivity contribution >= 4 is 23.9 Å². The van der Waals surface area contributed by atoms with Crippen molar-refractivity contribution in [2.24, 2.45) is 23.7 Å². The zero-order valence-corrected chi connectivity index (χ0v) is 76.1. The average molecular weight is 1580 g/mol. The van der Waals surface area contributed by atoms with E-state index in [0.29, 0.717) is 26.4 Å². The van der Waals surface area contributed by atoms with Crippen LogP contribution in [0.5, 0.6) is 0 Å². The number of carbonyl (C=O) groups is 4. The van der Waals surface area contributed by atoms with Crippen LogP contribution in [-0.2, 0) is 38.1 Å². The molecule has 0 spiro atoms. The lowest BCUT2D eigenvalue weighted by Gasteiger charge is -2.36. The van der Waals surface area contributed by atoms with Gasteiger partial charge < -0.3 is 33.9 Å². The number of hydrogen-bond donors (Lipinski definition) is 1. The van der Waals surface area contributed by atoms with Crippen LogP contribution >= 0.6 is 0 Å². The standard InChI is InChI=1S/C100H191N3O9/c1-9-17-25-33-37-49-73-93(69-45-29-21-13-5)97(105)109-87-57-42-44-64-92(66-54-59-89-111-99(107)95(71-47-31-23-15-7)75-51-39-35-27-19-11-3)67-61-78-101(77-55-60-90-112-100(108)96(72-48-32-24-16-8)76-52-40-36-28-20-12-4)80-83-103-84-81-102(82-85-103)79-62-68-91(63-43-41-56-86-104)65-53-58-88-110-98(106)94(70-46-30-22-14-6)74-50-38-34-26-18-10-2/h63,67,93-96,104H,9-62,64-66,68-90H2,1-8H3/b91-63+,92-67-. The molecule has 660 valence electrons. The van der Waals surface area contributed by atoms with Gasteiger partial charge in [-0.1, -0.05) is 336 Å². The summed E-state index contributed by atoms with van der Waals surface area (Å²) in [7, 11) is 0. The van der Waals surface area contributed by atoms with E-state index < -0.39 is 0 Å². The predicted octanol–water partition coefficient (Wildman–Crippen LogP) is 28.3. The molecule has 1 N–H and O–H groups in total. The minimum Gasteiger partial charge on any atom is -0.465 e. The maximum Gasteiger partial charge on any atom is 0.308 e. The summed E-state index contributed by atoms with van der Waals surface area (Å²) in [6.45, 7) is 29.9. The fourth-order valence-electron chi connectivity index (χ4n) is 16.7. The molecule has 1 aliphatic rings. The number of carbonyl (C=O) groups excluding carboxylic acids is 4. The molecule has 1 saturated heterocycles. The van der Waals surface area contributed by atoms with Gasteiger partial charge in [0, 0.05) is 52.4 Å². The van der Waals surface area contributed by atoms with Gasteiger partial charge in [-0.25, -0.2) is 0 Å². The third-order valence-electron chi connectivity index (χ3n) is 24.4. The fourth-order valence-corrected chi connectivity index (χ4v) is 16.7. The number of hydrogen-bond acceptors (Lipinski definition) is 12. The summed E-state index contributed by atoms with van der Waals surface area (Å²) < 4.78 is 24.4. The molecule has 12 heteroatoms. The number of esters is 4. The number of ether oxygens (including phenoxy) is 4. The van der Waals surface area contributed by atoms with Crippen LogP contribution in [-0.4, -0.2) is 136 Å². The zero-order chi connectivity index (χ0) is 81.3. The van der Waals surface area contributed by atoms with E-state index in [4.69, 9.17) is 18.9 Å². The topological polar surface area (TPSA) is 135 Å². The summed E-state index contributed by atoms with van der Waals surface area (Å²) in [6, 6.07) is 0. The lowest BCUT2D eigenvalue weighted by Crippen LogP contribution is -2.48. The Morgan fingerprint density at radius 1 is 0.277 bits per heavy atom. The number of unbranched alkanes of at least 4 members (excludes halogenated alkanes) is 39. The Morgan fingerprint density at radius 2 is 0.536 bits per heavy atom. The highest BCUT2D eigenvalue weighted by Gasteiger charge is 2.25. The normalized spacial score (nSPS) is 14.3. The first-order chi connectivity index (χ1) is 55.0. The van der Waals surface area contributed by atoms with E-state index in [1.807, 2.05) is 0 Å². The summed E-state index contributed by atoms with van der Waals surface area (Å²) in [5.41, 5.74) is 3.04. The summed E-state index contributed by atoms with van der Waals surface area (Å²) in [6.07, 6.45) is 79.5. The van der Waals surface area contributed by atoms with Gasteiger partial charge in [-0.15, -0.1) is 0 Å². The third kappa shape index (κ3) is 66.1. The number of aliphatic hydroxyl groups is 1. The van der Waals surface area contributed by atoms with Crippen LogP contribution in [0.4, 0.5) is 0 Å². The molecule has 0 radical (unpaired) electrons. The van der Waals surface area contributed by atoms with Crippen molar-refractivity contribution in [3.05, 3.63) is 23.3 Å². The Kier molecular flexibility index (Phi) is 79.7. The maximum absolute atomic E-state index is 13.8. The number of aliphatic hydroxyl groups excluding tert-OH is 1. The third-order valence-corrected chi connectivity index (χ3v) is 24.4. The molecule has 0 amide bonds. The van der Waals surface area contributed by atoms with Crippen molar-refractivity contribution in [2.75, 3.05) is 91.9 Å². The molecule has 0 bridgehead atoms. The number of nitrogens with zero attached hydrogens (tertiary/aromatic N) is 3. The molecule has 1 rings (SSSR count). The van der Waals surface area contributed by atoms with Crippen LogP contribution in [0.1, 0.15) is 479 Å². The summed E-state index contributed by atoms with van der Waals surface area (Å²) >= 11 is 0. The van der Waals surface area contributed by atoms with Gasteiger partial charge in [0.1, 0.15) is 0 Å². The molecule has 1 heterocycles. The van der Waals surface area contributed by atoms with Gasteiger partial charge in [0.25, 0.3) is 0 Å². The van der Waals surface area contributed by atoms with Gasteiger partial charge in [-0.05, 0) is 180 Å². The Hall–Kier alpha value is -2.80. The Bertz CT molecular complexity index is 2110. The molecule has 4 atom stereocenters. The van der Waals surface area contributed by atoms with Crippen LogP contribution < -0.4 is 0 Å². The number of rotatable bonds is 87. The molecule has 0 aromatic heterocycles. The van der Waals surface area contributed by atoms with Crippen LogP contribution in [0.15, 0.2) is 23.3 Å². The predicted molar refractivity (Wildman–Crippen MR) is 480 cm³/mol. The average Bonchev–Trinajstić information content (AvgIpc) is 0.916. The van der Waals surface area contributed by atoms with Crippen LogP contribution in [0.2, 0.25) is 0 Å². The molecule has 0 aliphatic carbocycles. The van der Waals surface area contributed by atoms with E-state index in [2.05, 4.69) is 82.2 Å². The molecule has 0 saturated carbocycles. The molecule has 0 aromatic rings. The van der Waals surface area contributed by atoms with Crippen LogP contribution in [0.25, 0.3) is 0 Å². The second kappa shape index (κ2) is 83.3. The first-order valence-corrected chi connectivity index (χ1v) is 49.8. The van der Waals surface area contributed by atoms with Crippen molar-refractivity contribution in [3.63, 3.8) is 0 Å². The highest BCUT2D eigenvalue weighted by Crippen LogP contribution is 2.28. The molecule has 12 nitrogen and oxygen atoms in total. The zero-order valence-electron chi connectivity index (χ0n) is 76.1. The van der Waals surface area contributed by atoms with Crippen molar-refractivity contribution in [2.45, 2.75) is 479 Å². The molecule has 0 aromatic carbocycles. The van der Waals surface area contributed by atoms with E-state index in [9.17, 15) is 24.3 Å². The van der Waals surface area contributed by atoms with Gasteiger partial charge in [-0.3, -0.25) is 24.1 Å². The molecular weight excluding hydrogens is 1390 g/mol. The van der Waals surface area contributed by atoms with Crippen molar-refractivity contribution < 1.29 is 43.2 Å². The van der Waals surface area contributed by atoms with E-state index in [1.54, 1.807) is 0 Å². The van der Waals surface area contributed by atoms with Crippen molar-refractivity contribution in [1.29, 1.82) is 0 Å². The molecule has 1 aliphatic heterocycles. The number of allylic oxidation sites excluding steroid dienone is 3. The fraction of sp³-hybridized carbons (Fsp3) is 0.920. The van der Waals surface area contributed by atoms with Gasteiger partial charge >= 0.3 is 23.9 Å². The SMILES string of the molecule is CCCCCCCCC(CCCCCC)C(=O)OCCCCC/C(=C/CCN(CCCCOC(=O)C(CCCCCC)CCCCCCCC)CCN1CCN(CCC/C(=C/CCCCO)CCCCOC(=O)C(CCCCCC)CCCCCCCC)CC1)CCCCOC(=O)C(CCCCCC)CCCCCCCC. The Labute approximate surface area is 696 Å². The molecular formula is C100H191N3O9. The monoisotopic (exact) mass is 1580 g/mol. The minimum absolute atomic E-state index is 0.0248. The van der Waals surface area contributed by atoms with Crippen molar-refractivity contribution in [3.8, 4) is 0 Å². The molecule has 4 unspecified atom stereocenters. The van der Waals surface area contributed by atoms with Gasteiger partial charge in [0.2, 0.25) is 0 Å². The molecule has 112 heavy (non-hydrogen) atoms. The second-order valence-electron chi connectivity index (χ2n) is 34.9. The maximum atomic E-state index is 13.8. The van der Waals surface area contributed by atoms with E-state index >= 15 is 0 Å². The summed E-state index contributed by atoms with van der Waals surface area (Å²) in [5, 5.41) is 9.56. The number of piperazine rings is 1. The Morgan fingerprint density at radius 3 is 0.866 bits per heavy atom. The van der Waals surface area contributed by atoms with E-state index in [1.165, 1.54) is 217 Å². The quantitative estimate of drug-likeness (QED) is 0.0269. The second-order valence-corrected chi connectivity index (χ2v) is 34.9. The van der Waals surface area contributed by atoms with Gasteiger partial charge in [0.15, 0.2) is 0 Å². The molecule has 1 fully saturated rings. The van der Waals surface area contributed by atoms with Crippen LogP contribution in [0.3, 0.4) is 0 Å². The minimum atomic E-state index is 0.0248. The van der Waals surface area contributed by atoms with E-state index in [0.717, 1.165) is 277 Å². The van der Waals surface area contributed by atoms with Gasteiger partial charge in [0.05, 0.1) is 50.1 Å². The van der Waals surface area contributed by atoms with E-state index in [-0.39, 0.29) is 54.2 Å². The smallest absolute Gasteiger partial charge is 0.308 e. The van der Waals surface area contributed by atoms with Crippen LogP contribution in [0, 0.1) is 23.7 Å². The lowest BCUT2D eigenvalue weighted by atomic mass is 9.94. The highest BCUT2D eigenvalue weighted by molar-refractivity contribution is 5.73. The largest absolute Gasteiger partial charge is 0.465 e. The first-order valence-electron chi connectivity index (χ1n) is 49.8. The summed E-state index contributed by atoms with van der Waals surface area (Å²) in [4.78, 5) is 62.6. The first kappa shape index (κ1) is 107. The van der Waals surface area contributed by atoms with Gasteiger partial charge in [-0.2, -0.15) is 0 Å². The van der Waals surface area contributed by atoms with Crippen molar-refractivity contribution in [1.82, 2.24) is 14.7 Å². The highest BCUT2D eigenvalue weighted by atomic mass is 16.5. The summed E-state index contributed by atoms with van der Waals surface area (Å²) in [5.74, 6) is 0.289.